The minimum atomic E-state index is 0.141. The van der Waals surface area contributed by atoms with Crippen molar-refractivity contribution >= 4 is 11.6 Å². The lowest BCUT2D eigenvalue weighted by Gasteiger charge is -2.37. The number of aliphatic imine (C=N–C) groups is 1. The van der Waals surface area contributed by atoms with Crippen LogP contribution in [0.2, 0.25) is 0 Å². The molecule has 27 heavy (non-hydrogen) atoms. The first-order chi connectivity index (χ1) is 13.1. The third-order valence-electron chi connectivity index (χ3n) is 5.23. The second-order valence-corrected chi connectivity index (χ2v) is 7.60. The highest BCUT2D eigenvalue weighted by Gasteiger charge is 2.32. The van der Waals surface area contributed by atoms with E-state index in [0.29, 0.717) is 6.54 Å². The topological polar surface area (TPSA) is 49.3 Å². The lowest BCUT2D eigenvalue weighted by Crippen LogP contribution is -2.53. The monoisotopic (exact) mass is 374 g/mol. The molecule has 0 amide bonds. The number of anilines is 1. The van der Waals surface area contributed by atoms with Crippen molar-refractivity contribution in [3.8, 4) is 0 Å². The normalized spacial score (nSPS) is 23.6. The molecule has 6 nitrogen and oxygen atoms in total. The van der Waals surface area contributed by atoms with Gasteiger partial charge in [0.15, 0.2) is 5.96 Å². The smallest absolute Gasteiger partial charge is 0.194 e. The van der Waals surface area contributed by atoms with Crippen LogP contribution in [0.25, 0.3) is 0 Å². The number of guanidine groups is 1. The summed E-state index contributed by atoms with van der Waals surface area (Å²) in [5, 5.41) is 3.46. The summed E-state index contributed by atoms with van der Waals surface area (Å²) in [6, 6.07) is 6.57. The van der Waals surface area contributed by atoms with Gasteiger partial charge in [-0.2, -0.15) is 0 Å². The summed E-state index contributed by atoms with van der Waals surface area (Å²) >= 11 is 0. The van der Waals surface area contributed by atoms with E-state index in [-0.39, 0.29) is 12.2 Å². The van der Waals surface area contributed by atoms with Crippen LogP contribution in [0.3, 0.4) is 0 Å². The van der Waals surface area contributed by atoms with Crippen molar-refractivity contribution in [2.24, 2.45) is 4.99 Å². The highest BCUT2D eigenvalue weighted by atomic mass is 16.5. The Bertz CT molecular complexity index is 641. The van der Waals surface area contributed by atoms with Gasteiger partial charge in [-0.25, -0.2) is 4.99 Å². The summed E-state index contributed by atoms with van der Waals surface area (Å²) in [5.41, 5.74) is 3.74. The first kappa shape index (κ1) is 20.0. The molecule has 0 radical (unpaired) electrons. The number of hydrogen-bond donors (Lipinski definition) is 1. The van der Waals surface area contributed by atoms with Crippen molar-refractivity contribution in [1.29, 1.82) is 0 Å². The molecule has 0 aromatic heterocycles. The summed E-state index contributed by atoms with van der Waals surface area (Å²) in [4.78, 5) is 9.43. The van der Waals surface area contributed by atoms with Crippen LogP contribution in [0.5, 0.6) is 0 Å². The van der Waals surface area contributed by atoms with Crippen LogP contribution in [0.15, 0.2) is 23.2 Å². The van der Waals surface area contributed by atoms with Gasteiger partial charge in [0.25, 0.3) is 0 Å². The molecule has 2 heterocycles. The second kappa shape index (κ2) is 9.42. The van der Waals surface area contributed by atoms with Crippen LogP contribution >= 0.6 is 0 Å². The van der Waals surface area contributed by atoms with Crippen LogP contribution in [0.1, 0.15) is 30.9 Å². The molecular weight excluding hydrogens is 340 g/mol. The van der Waals surface area contributed by atoms with Gasteiger partial charge in [-0.15, -0.1) is 0 Å². The fraction of sp³-hybridized carbons (Fsp3) is 0.667. The Morgan fingerprint density at radius 3 is 2.78 bits per heavy atom. The maximum absolute atomic E-state index is 5.99. The summed E-state index contributed by atoms with van der Waals surface area (Å²) in [6.07, 6.45) is 2.61. The fourth-order valence-corrected chi connectivity index (χ4v) is 3.80. The van der Waals surface area contributed by atoms with Crippen molar-refractivity contribution in [3.63, 3.8) is 0 Å². The average Bonchev–Trinajstić information content (AvgIpc) is 3.20. The number of benzene rings is 1. The number of nitrogens with zero attached hydrogens (tertiary/aromatic N) is 3. The van der Waals surface area contributed by atoms with Crippen molar-refractivity contribution in [2.75, 3.05) is 51.8 Å². The molecule has 2 aliphatic rings. The van der Waals surface area contributed by atoms with E-state index in [2.05, 4.69) is 61.3 Å². The quantitative estimate of drug-likeness (QED) is 0.634. The number of ether oxygens (including phenoxy) is 2. The molecule has 1 aromatic carbocycles. The van der Waals surface area contributed by atoms with E-state index in [1.165, 1.54) is 16.8 Å². The lowest BCUT2D eigenvalue weighted by atomic mass is 10.1. The number of rotatable bonds is 5. The molecule has 6 heteroatoms. The summed E-state index contributed by atoms with van der Waals surface area (Å²) < 4.78 is 11.8. The van der Waals surface area contributed by atoms with Crippen molar-refractivity contribution < 1.29 is 9.47 Å². The first-order valence-electron chi connectivity index (χ1n) is 10.1. The predicted octanol–water partition coefficient (Wildman–Crippen LogP) is 2.41. The Hall–Kier alpha value is -1.79. The summed E-state index contributed by atoms with van der Waals surface area (Å²) in [7, 11) is 4.17. The van der Waals surface area contributed by atoms with Crippen LogP contribution in [0.4, 0.5) is 5.69 Å². The molecule has 1 aromatic rings. The van der Waals surface area contributed by atoms with Crippen LogP contribution < -0.4 is 10.2 Å². The third-order valence-corrected chi connectivity index (χ3v) is 5.23. The largest absolute Gasteiger partial charge is 0.377 e. The average molecular weight is 375 g/mol. The summed E-state index contributed by atoms with van der Waals surface area (Å²) in [6.45, 7) is 9.05. The van der Waals surface area contributed by atoms with E-state index in [4.69, 9.17) is 14.5 Å². The maximum atomic E-state index is 5.99. The van der Waals surface area contributed by atoms with E-state index in [9.17, 15) is 0 Å². The Morgan fingerprint density at radius 1 is 1.26 bits per heavy atom. The molecule has 0 bridgehead atoms. The predicted molar refractivity (Wildman–Crippen MR) is 111 cm³/mol. The number of nitrogens with one attached hydrogen (secondary N) is 1. The molecular formula is C21H34N4O2. The van der Waals surface area contributed by atoms with E-state index >= 15 is 0 Å². The van der Waals surface area contributed by atoms with Gasteiger partial charge in [0.2, 0.25) is 0 Å². The number of morpholine rings is 1. The molecule has 2 unspecified atom stereocenters. The number of hydrogen-bond acceptors (Lipinski definition) is 4. The van der Waals surface area contributed by atoms with Gasteiger partial charge in [0.05, 0.1) is 19.3 Å². The van der Waals surface area contributed by atoms with Crippen molar-refractivity contribution in [3.05, 3.63) is 29.3 Å². The molecule has 1 N–H and O–H groups in total. The van der Waals surface area contributed by atoms with E-state index < -0.39 is 0 Å². The van der Waals surface area contributed by atoms with E-state index in [1.807, 2.05) is 0 Å². The first-order valence-corrected chi connectivity index (χ1v) is 10.1. The number of aryl methyl sites for hydroxylation is 1. The minimum absolute atomic E-state index is 0.141. The second-order valence-electron chi connectivity index (χ2n) is 7.60. The molecule has 0 aliphatic carbocycles. The van der Waals surface area contributed by atoms with Crippen LogP contribution in [-0.2, 0) is 16.0 Å². The van der Waals surface area contributed by atoms with Crippen LogP contribution in [0, 0.1) is 6.92 Å². The van der Waals surface area contributed by atoms with Crippen LogP contribution in [-0.4, -0.2) is 70.0 Å². The Balaban J connectivity index is 1.73. The van der Waals surface area contributed by atoms with Gasteiger partial charge in [0, 0.05) is 46.0 Å². The zero-order valence-corrected chi connectivity index (χ0v) is 17.2. The highest BCUT2D eigenvalue weighted by molar-refractivity contribution is 5.80. The molecule has 150 valence electrons. The molecule has 2 atom stereocenters. The zero-order chi connectivity index (χ0) is 19.2. The summed E-state index contributed by atoms with van der Waals surface area (Å²) in [5.74, 6) is 0.967. The molecule has 2 aliphatic heterocycles. The minimum Gasteiger partial charge on any atom is -0.377 e. The molecule has 0 saturated carbocycles. The van der Waals surface area contributed by atoms with Gasteiger partial charge in [-0.05, 0) is 43.9 Å². The van der Waals surface area contributed by atoms with Gasteiger partial charge in [0.1, 0.15) is 6.10 Å². The lowest BCUT2D eigenvalue weighted by molar-refractivity contribution is -0.0817. The molecule has 3 rings (SSSR count). The molecule has 2 fully saturated rings. The Kier molecular flexibility index (Phi) is 6.96. The maximum Gasteiger partial charge on any atom is 0.194 e. The fourth-order valence-electron chi connectivity index (χ4n) is 3.80. The van der Waals surface area contributed by atoms with E-state index in [0.717, 1.165) is 51.6 Å². The molecule has 0 spiro atoms. The van der Waals surface area contributed by atoms with Gasteiger partial charge >= 0.3 is 0 Å². The third kappa shape index (κ3) is 5.14. The SMILES string of the molecule is CCNC(=NCc1ccc(C)cc1N(C)C)N1CCOC(C2CCCO2)C1. The van der Waals surface area contributed by atoms with Crippen molar-refractivity contribution in [2.45, 2.75) is 45.4 Å². The highest BCUT2D eigenvalue weighted by Crippen LogP contribution is 2.23. The van der Waals surface area contributed by atoms with Gasteiger partial charge < -0.3 is 24.6 Å². The van der Waals surface area contributed by atoms with Crippen molar-refractivity contribution in [1.82, 2.24) is 10.2 Å². The molecule has 2 saturated heterocycles. The van der Waals surface area contributed by atoms with Gasteiger partial charge in [-0.1, -0.05) is 12.1 Å². The Morgan fingerprint density at radius 2 is 2.07 bits per heavy atom. The Labute approximate surface area is 163 Å². The van der Waals surface area contributed by atoms with E-state index in [1.54, 1.807) is 0 Å². The van der Waals surface area contributed by atoms with Gasteiger partial charge in [-0.3, -0.25) is 0 Å². The standard InChI is InChI=1S/C21H34N4O2/c1-5-22-21(23-14-17-9-8-16(2)13-18(17)24(3)4)25-10-12-27-20(15-25)19-7-6-11-26-19/h8-9,13,19-20H,5-7,10-12,14-15H2,1-4H3,(H,22,23). The zero-order valence-electron chi connectivity index (χ0n) is 17.2.